The zero-order chi connectivity index (χ0) is 25.1. The van der Waals surface area contributed by atoms with Gasteiger partial charge < -0.3 is 25.0 Å². The molecule has 2 N–H and O–H groups in total. The third-order valence-corrected chi connectivity index (χ3v) is 5.52. The van der Waals surface area contributed by atoms with Crippen molar-refractivity contribution >= 4 is 18.1 Å². The fourth-order valence-corrected chi connectivity index (χ4v) is 3.75. The predicted octanol–water partition coefficient (Wildman–Crippen LogP) is 3.74. The first-order chi connectivity index (χ1) is 16.1. The van der Waals surface area contributed by atoms with E-state index in [2.05, 4.69) is 16.7 Å². The summed E-state index contributed by atoms with van der Waals surface area (Å²) in [6, 6.07) is 11.6. The number of carbonyl (C=O) groups is 3. The molecule has 0 radical (unpaired) electrons. The molecular weight excluding hydrogens is 436 g/mol. The number of amides is 3. The van der Waals surface area contributed by atoms with Crippen LogP contribution in [0.25, 0.3) is 0 Å². The normalized spacial score (nSPS) is 19.0. The number of nitrogens with zero attached hydrogens (tertiary/aromatic N) is 2. The highest BCUT2D eigenvalue weighted by atomic mass is 16.6. The van der Waals surface area contributed by atoms with Crippen LogP contribution in [0.3, 0.4) is 0 Å². The van der Waals surface area contributed by atoms with Crippen LogP contribution in [0.15, 0.2) is 30.3 Å². The van der Waals surface area contributed by atoms with E-state index in [-0.39, 0.29) is 31.5 Å². The minimum atomic E-state index is -1.15. The van der Waals surface area contributed by atoms with Crippen molar-refractivity contribution < 1.29 is 23.9 Å². The summed E-state index contributed by atoms with van der Waals surface area (Å²) in [5, 5.41) is 15.4. The minimum Gasteiger partial charge on any atom is -0.447 e. The molecule has 1 unspecified atom stereocenters. The lowest BCUT2D eigenvalue weighted by molar-refractivity contribution is -0.131. The first-order valence-corrected chi connectivity index (χ1v) is 11.8. The number of benzene rings is 1. The zero-order valence-corrected chi connectivity index (χ0v) is 20.5. The van der Waals surface area contributed by atoms with E-state index in [1.807, 2.05) is 44.2 Å². The predicted molar refractivity (Wildman–Crippen MR) is 127 cm³/mol. The number of likely N-dealkylation sites (tertiary alicyclic amines) is 1. The molecule has 0 aliphatic carbocycles. The molecule has 3 amide bonds. The summed E-state index contributed by atoms with van der Waals surface area (Å²) in [4.78, 5) is 39.3. The van der Waals surface area contributed by atoms with Crippen molar-refractivity contribution in [1.29, 1.82) is 5.26 Å². The number of alkyl carbamates (subject to hydrolysis) is 1. The van der Waals surface area contributed by atoms with Gasteiger partial charge in [-0.05, 0) is 44.6 Å². The monoisotopic (exact) mass is 472 g/mol. The Morgan fingerprint density at radius 3 is 2.41 bits per heavy atom. The molecule has 0 bridgehead atoms. The van der Waals surface area contributed by atoms with Gasteiger partial charge in [0, 0.05) is 26.1 Å². The molecule has 1 aliphatic heterocycles. The molecule has 1 aromatic rings. The smallest absolute Gasteiger partial charge is 0.410 e. The molecule has 9 heteroatoms. The van der Waals surface area contributed by atoms with Crippen molar-refractivity contribution in [3.63, 3.8) is 0 Å². The van der Waals surface area contributed by atoms with Crippen LogP contribution in [0.4, 0.5) is 9.59 Å². The van der Waals surface area contributed by atoms with Crippen LogP contribution in [0.2, 0.25) is 0 Å². The number of ether oxygens (including phenoxy) is 2. The van der Waals surface area contributed by atoms with E-state index in [0.717, 1.165) is 5.56 Å². The average molecular weight is 473 g/mol. The summed E-state index contributed by atoms with van der Waals surface area (Å²) in [7, 11) is 0. The van der Waals surface area contributed by atoms with Crippen LogP contribution < -0.4 is 10.6 Å². The highest BCUT2D eigenvalue weighted by Gasteiger charge is 2.38. The maximum absolute atomic E-state index is 13.1. The number of hydrogen-bond acceptors (Lipinski definition) is 6. The molecule has 0 aromatic heterocycles. The molecule has 1 aliphatic rings. The Kier molecular flexibility index (Phi) is 10.2. The van der Waals surface area contributed by atoms with E-state index < -0.39 is 29.7 Å². The van der Waals surface area contributed by atoms with Gasteiger partial charge in [-0.1, -0.05) is 44.2 Å². The van der Waals surface area contributed by atoms with Crippen LogP contribution in [-0.2, 0) is 20.8 Å². The fraction of sp³-hybridized carbons (Fsp3) is 0.600. The maximum Gasteiger partial charge on any atom is 0.410 e. The van der Waals surface area contributed by atoms with Gasteiger partial charge in [-0.25, -0.2) is 9.59 Å². The Morgan fingerprint density at radius 1 is 1.09 bits per heavy atom. The minimum absolute atomic E-state index is 0.0890. The molecule has 1 saturated heterocycles. The largest absolute Gasteiger partial charge is 0.447 e. The summed E-state index contributed by atoms with van der Waals surface area (Å²) < 4.78 is 10.7. The number of rotatable bonds is 8. The van der Waals surface area contributed by atoms with E-state index in [9.17, 15) is 19.6 Å². The van der Waals surface area contributed by atoms with E-state index in [0.29, 0.717) is 25.8 Å². The molecule has 34 heavy (non-hydrogen) atoms. The van der Waals surface area contributed by atoms with Gasteiger partial charge in [-0.2, -0.15) is 5.26 Å². The van der Waals surface area contributed by atoms with Gasteiger partial charge in [-0.15, -0.1) is 0 Å². The Labute approximate surface area is 201 Å². The van der Waals surface area contributed by atoms with Crippen molar-refractivity contribution in [3.05, 3.63) is 35.9 Å². The van der Waals surface area contributed by atoms with E-state index in [4.69, 9.17) is 9.47 Å². The van der Waals surface area contributed by atoms with E-state index in [1.165, 1.54) is 0 Å². The van der Waals surface area contributed by atoms with Gasteiger partial charge in [0.05, 0.1) is 12.2 Å². The molecule has 9 nitrogen and oxygen atoms in total. The Hall–Kier alpha value is -3.28. The highest BCUT2D eigenvalue weighted by Crippen LogP contribution is 2.23. The second-order valence-corrected chi connectivity index (χ2v) is 9.32. The lowest BCUT2D eigenvalue weighted by Crippen LogP contribution is -2.53. The Balaban J connectivity index is 2.01. The van der Waals surface area contributed by atoms with Crippen molar-refractivity contribution in [2.45, 2.75) is 77.7 Å². The van der Waals surface area contributed by atoms with E-state index in [1.54, 1.807) is 18.7 Å². The molecule has 0 spiro atoms. The van der Waals surface area contributed by atoms with Gasteiger partial charge in [0.15, 0.2) is 6.10 Å². The zero-order valence-electron chi connectivity index (χ0n) is 20.5. The molecule has 1 aromatic carbocycles. The standard InChI is InChI=1S/C25H36N4O5/c1-18(2)15-21(34-23(31)27-16-20-9-6-5-7-10-20)22(30)28-25(17-26)11-8-13-29(14-12-25)24(32)33-19(3)4/h5-7,9-10,18-19,21H,8,11-16H2,1-4H3,(H,27,31)(H,28,30)/t21-,25?/m0/s1. The summed E-state index contributed by atoms with van der Waals surface area (Å²) in [6.07, 6.45) is -0.894. The van der Waals surface area contributed by atoms with Crippen LogP contribution in [0, 0.1) is 17.2 Å². The van der Waals surface area contributed by atoms with Gasteiger partial charge in [0.25, 0.3) is 5.91 Å². The SMILES string of the molecule is CC(C)C[C@H](OC(=O)NCc1ccccc1)C(=O)NC1(C#N)CCCN(C(=O)OC(C)C)CC1. The molecular formula is C25H36N4O5. The summed E-state index contributed by atoms with van der Waals surface area (Å²) in [6.45, 7) is 8.41. The maximum atomic E-state index is 13.1. The number of nitriles is 1. The van der Waals surface area contributed by atoms with E-state index >= 15 is 0 Å². The summed E-state index contributed by atoms with van der Waals surface area (Å²) in [5.41, 5.74) is -0.241. The quantitative estimate of drug-likeness (QED) is 0.595. The Morgan fingerprint density at radius 2 is 1.79 bits per heavy atom. The number of nitrogens with one attached hydrogen (secondary N) is 2. The molecule has 0 saturated carbocycles. The van der Waals surface area contributed by atoms with Crippen LogP contribution in [-0.4, -0.2) is 53.8 Å². The second kappa shape index (κ2) is 12.8. The first-order valence-electron chi connectivity index (χ1n) is 11.8. The number of hydrogen-bond donors (Lipinski definition) is 2. The van der Waals surface area contributed by atoms with Gasteiger partial charge in [0.1, 0.15) is 5.54 Å². The molecule has 1 heterocycles. The van der Waals surface area contributed by atoms with Crippen LogP contribution >= 0.6 is 0 Å². The van der Waals surface area contributed by atoms with Gasteiger partial charge in [-0.3, -0.25) is 4.79 Å². The number of carbonyl (C=O) groups excluding carboxylic acids is 3. The highest BCUT2D eigenvalue weighted by molar-refractivity contribution is 5.84. The topological polar surface area (TPSA) is 121 Å². The van der Waals surface area contributed by atoms with Crippen LogP contribution in [0.5, 0.6) is 0 Å². The summed E-state index contributed by atoms with van der Waals surface area (Å²) >= 11 is 0. The van der Waals surface area contributed by atoms with Crippen molar-refractivity contribution in [2.24, 2.45) is 5.92 Å². The van der Waals surface area contributed by atoms with Gasteiger partial charge >= 0.3 is 12.2 Å². The third kappa shape index (κ3) is 8.58. The fourth-order valence-electron chi connectivity index (χ4n) is 3.75. The van der Waals surface area contributed by atoms with Crippen LogP contribution in [0.1, 0.15) is 58.9 Å². The lowest BCUT2D eigenvalue weighted by atomic mass is 9.91. The first kappa shape index (κ1) is 27.0. The molecule has 2 rings (SSSR count). The molecule has 186 valence electrons. The molecule has 1 fully saturated rings. The summed E-state index contributed by atoms with van der Waals surface area (Å²) in [5.74, 6) is -0.422. The third-order valence-electron chi connectivity index (χ3n) is 5.52. The van der Waals surface area contributed by atoms with Crippen molar-refractivity contribution in [2.75, 3.05) is 13.1 Å². The lowest BCUT2D eigenvalue weighted by Gasteiger charge is -2.29. The van der Waals surface area contributed by atoms with Gasteiger partial charge in [0.2, 0.25) is 0 Å². The Bertz CT molecular complexity index is 868. The van der Waals surface area contributed by atoms with Crippen molar-refractivity contribution in [1.82, 2.24) is 15.5 Å². The molecule has 2 atom stereocenters. The van der Waals surface area contributed by atoms with Crippen molar-refractivity contribution in [3.8, 4) is 6.07 Å². The second-order valence-electron chi connectivity index (χ2n) is 9.32. The average Bonchev–Trinajstić information content (AvgIpc) is 3.00.